The third-order valence-corrected chi connectivity index (χ3v) is 5.06. The number of amides is 3. The lowest BCUT2D eigenvalue weighted by molar-refractivity contribution is -0.120. The van der Waals surface area contributed by atoms with Crippen LogP contribution in [0.1, 0.15) is 6.92 Å². The molecule has 1 unspecified atom stereocenters. The summed E-state index contributed by atoms with van der Waals surface area (Å²) < 4.78 is 6.37. The molecule has 0 spiro atoms. The molecular weight excluding hydrogens is 328 g/mol. The molecule has 2 aromatic rings. The molecule has 0 radical (unpaired) electrons. The zero-order chi connectivity index (χ0) is 16.8. The molecule has 1 N–H and O–H groups in total. The molecule has 1 saturated heterocycles. The molecule has 0 bridgehead atoms. The number of fused-ring (bicyclic) bond motifs is 3. The van der Waals surface area contributed by atoms with Crippen molar-refractivity contribution >= 4 is 44.3 Å². The van der Waals surface area contributed by atoms with Gasteiger partial charge in [0.05, 0.1) is 11.2 Å². The van der Waals surface area contributed by atoms with E-state index in [1.54, 1.807) is 23.8 Å². The fourth-order valence-corrected chi connectivity index (χ4v) is 3.88. The normalized spacial score (nSPS) is 19.7. The molecule has 0 saturated carbocycles. The lowest BCUT2D eigenvalue weighted by Crippen LogP contribution is -2.35. The largest absolute Gasteiger partial charge is 0.481 e. The number of aromatic nitrogens is 1. The highest BCUT2D eigenvalue weighted by Gasteiger charge is 2.34. The smallest absolute Gasteiger partial charge is 0.324 e. The summed E-state index contributed by atoms with van der Waals surface area (Å²) in [6.07, 6.45) is 0. The highest BCUT2D eigenvalue weighted by molar-refractivity contribution is 7.22. The van der Waals surface area contributed by atoms with Crippen LogP contribution in [-0.2, 0) is 4.79 Å². The number of rotatable bonds is 1. The van der Waals surface area contributed by atoms with Crippen molar-refractivity contribution in [3.8, 4) is 17.6 Å². The number of nitrogens with zero attached hydrogens (tertiary/aromatic N) is 3. The number of hydrogen-bond acceptors (Lipinski definition) is 5. The molecule has 3 heterocycles. The van der Waals surface area contributed by atoms with E-state index in [2.05, 4.69) is 22.1 Å². The Kier molecular flexibility index (Phi) is 3.32. The van der Waals surface area contributed by atoms with E-state index in [0.29, 0.717) is 28.6 Å². The number of ether oxygens (including phenoxy) is 1. The molecule has 1 aromatic carbocycles. The minimum atomic E-state index is -0.241. The molecule has 2 aliphatic heterocycles. The number of benzene rings is 1. The third-order valence-electron chi connectivity index (χ3n) is 4.04. The van der Waals surface area contributed by atoms with Crippen LogP contribution >= 0.6 is 11.3 Å². The third kappa shape index (κ3) is 2.09. The van der Waals surface area contributed by atoms with E-state index in [4.69, 9.17) is 4.74 Å². The second kappa shape index (κ2) is 5.39. The lowest BCUT2D eigenvalue weighted by Gasteiger charge is -2.25. The number of carbonyl (C=O) groups excluding carboxylic acids is 2. The molecule has 4 rings (SSSR count). The van der Waals surface area contributed by atoms with Gasteiger partial charge in [-0.05, 0) is 19.1 Å². The predicted octanol–water partition coefficient (Wildman–Crippen LogP) is 1.57. The van der Waals surface area contributed by atoms with Crippen LogP contribution in [0.2, 0.25) is 0 Å². The van der Waals surface area contributed by atoms with Crippen molar-refractivity contribution in [2.75, 3.05) is 30.0 Å². The Morgan fingerprint density at radius 2 is 2.25 bits per heavy atom. The van der Waals surface area contributed by atoms with E-state index < -0.39 is 0 Å². The Morgan fingerprint density at radius 1 is 1.42 bits per heavy atom. The molecule has 1 atom stereocenters. The Morgan fingerprint density at radius 3 is 3.04 bits per heavy atom. The van der Waals surface area contributed by atoms with E-state index in [9.17, 15) is 9.59 Å². The first-order valence-corrected chi connectivity index (χ1v) is 8.24. The average molecular weight is 342 g/mol. The SMILES string of the molecule is CC#CC1CNC(=O)N1c1nc2c3c(ccc2s1)OCC(=O)N3C. The van der Waals surface area contributed by atoms with Crippen LogP contribution in [0.5, 0.6) is 5.75 Å². The van der Waals surface area contributed by atoms with Gasteiger partial charge in [-0.15, -0.1) is 5.92 Å². The van der Waals surface area contributed by atoms with Crippen LogP contribution in [0.15, 0.2) is 12.1 Å². The minimum Gasteiger partial charge on any atom is -0.481 e. The number of hydrogen-bond donors (Lipinski definition) is 1. The van der Waals surface area contributed by atoms with Gasteiger partial charge < -0.3 is 15.0 Å². The molecule has 1 fully saturated rings. The van der Waals surface area contributed by atoms with E-state index >= 15 is 0 Å². The minimum absolute atomic E-state index is 0.0225. The number of nitrogens with one attached hydrogen (secondary N) is 1. The van der Waals surface area contributed by atoms with Gasteiger partial charge in [0.2, 0.25) is 0 Å². The van der Waals surface area contributed by atoms with Gasteiger partial charge in [-0.25, -0.2) is 9.78 Å². The predicted molar refractivity (Wildman–Crippen MR) is 91.6 cm³/mol. The fourth-order valence-electron chi connectivity index (χ4n) is 2.86. The molecule has 3 amide bonds. The van der Waals surface area contributed by atoms with Crippen molar-refractivity contribution in [3.05, 3.63) is 12.1 Å². The van der Waals surface area contributed by atoms with Gasteiger partial charge in [-0.3, -0.25) is 9.69 Å². The number of anilines is 2. The standard InChI is InChI=1S/C16H14N4O3S/c1-3-4-9-7-17-15(22)20(9)16-18-13-11(24-16)6-5-10-14(13)19(2)12(21)8-23-10/h5-6,9H,7-8H2,1-2H3,(H,17,22). The summed E-state index contributed by atoms with van der Waals surface area (Å²) in [7, 11) is 1.70. The number of urea groups is 1. The summed E-state index contributed by atoms with van der Waals surface area (Å²) >= 11 is 1.40. The van der Waals surface area contributed by atoms with Crippen LogP contribution in [0, 0.1) is 11.8 Å². The molecule has 8 heteroatoms. The molecule has 122 valence electrons. The maximum absolute atomic E-state index is 12.2. The monoisotopic (exact) mass is 342 g/mol. The molecule has 1 aromatic heterocycles. The van der Waals surface area contributed by atoms with Crippen LogP contribution in [-0.4, -0.2) is 43.2 Å². The highest BCUT2D eigenvalue weighted by Crippen LogP contribution is 2.42. The highest BCUT2D eigenvalue weighted by atomic mass is 32.1. The molecular formula is C16H14N4O3S. The summed E-state index contributed by atoms with van der Waals surface area (Å²) in [5, 5.41) is 3.35. The van der Waals surface area contributed by atoms with Crippen LogP contribution in [0.4, 0.5) is 15.6 Å². The number of likely N-dealkylation sites (N-methyl/N-ethyl adjacent to an activating group) is 1. The van der Waals surface area contributed by atoms with E-state index in [1.807, 2.05) is 12.1 Å². The van der Waals surface area contributed by atoms with Gasteiger partial charge >= 0.3 is 6.03 Å². The van der Waals surface area contributed by atoms with Crippen molar-refractivity contribution < 1.29 is 14.3 Å². The van der Waals surface area contributed by atoms with Gasteiger partial charge in [-0.1, -0.05) is 17.3 Å². The Bertz CT molecular complexity index is 927. The summed E-state index contributed by atoms with van der Waals surface area (Å²) in [5.74, 6) is 6.36. The molecule has 7 nitrogen and oxygen atoms in total. The van der Waals surface area contributed by atoms with Gasteiger partial charge in [0.25, 0.3) is 5.91 Å². The van der Waals surface area contributed by atoms with Crippen LogP contribution in [0.25, 0.3) is 10.2 Å². The van der Waals surface area contributed by atoms with E-state index in [-0.39, 0.29) is 24.6 Å². The van der Waals surface area contributed by atoms with E-state index in [0.717, 1.165) is 4.70 Å². The summed E-state index contributed by atoms with van der Waals surface area (Å²) in [4.78, 5) is 31.8. The zero-order valence-electron chi connectivity index (χ0n) is 13.1. The second-order valence-electron chi connectivity index (χ2n) is 5.46. The lowest BCUT2D eigenvalue weighted by atomic mass is 10.2. The van der Waals surface area contributed by atoms with Crippen molar-refractivity contribution in [2.24, 2.45) is 0 Å². The first-order valence-electron chi connectivity index (χ1n) is 7.42. The van der Waals surface area contributed by atoms with Gasteiger partial charge in [0.1, 0.15) is 23.0 Å². The number of carbonyl (C=O) groups is 2. The molecule has 2 aliphatic rings. The van der Waals surface area contributed by atoms with Crippen molar-refractivity contribution in [3.63, 3.8) is 0 Å². The maximum atomic E-state index is 12.2. The zero-order valence-corrected chi connectivity index (χ0v) is 13.9. The quantitative estimate of drug-likeness (QED) is 0.799. The second-order valence-corrected chi connectivity index (χ2v) is 6.47. The average Bonchev–Trinajstić information content (AvgIpc) is 3.14. The Balaban J connectivity index is 1.86. The van der Waals surface area contributed by atoms with Gasteiger partial charge in [-0.2, -0.15) is 0 Å². The van der Waals surface area contributed by atoms with Crippen LogP contribution < -0.4 is 19.9 Å². The molecule has 24 heavy (non-hydrogen) atoms. The summed E-state index contributed by atoms with van der Waals surface area (Å²) in [6, 6.07) is 3.27. The van der Waals surface area contributed by atoms with Crippen molar-refractivity contribution in [1.82, 2.24) is 10.3 Å². The van der Waals surface area contributed by atoms with Crippen molar-refractivity contribution in [1.29, 1.82) is 0 Å². The Hall–Kier alpha value is -2.79. The maximum Gasteiger partial charge on any atom is 0.324 e. The Labute approximate surface area is 142 Å². The first kappa shape index (κ1) is 14.8. The number of thiazole rings is 1. The van der Waals surface area contributed by atoms with Crippen molar-refractivity contribution in [2.45, 2.75) is 13.0 Å². The first-order chi connectivity index (χ1) is 11.6. The molecule has 0 aliphatic carbocycles. The fraction of sp³-hybridized carbons (Fsp3) is 0.312. The van der Waals surface area contributed by atoms with Crippen LogP contribution in [0.3, 0.4) is 0 Å². The summed E-state index contributed by atoms with van der Waals surface area (Å²) in [5.41, 5.74) is 1.30. The van der Waals surface area contributed by atoms with Gasteiger partial charge in [0.15, 0.2) is 11.7 Å². The van der Waals surface area contributed by atoms with E-state index in [1.165, 1.54) is 11.3 Å². The topological polar surface area (TPSA) is 74.8 Å². The summed E-state index contributed by atoms with van der Waals surface area (Å²) in [6.45, 7) is 2.23. The van der Waals surface area contributed by atoms with Gasteiger partial charge in [0, 0.05) is 7.05 Å².